The zero-order valence-electron chi connectivity index (χ0n) is 24.7. The van der Waals surface area contributed by atoms with Crippen molar-refractivity contribution in [1.29, 1.82) is 0 Å². The first-order valence-corrected chi connectivity index (χ1v) is 16.9. The monoisotopic (exact) mass is 588 g/mol. The molecule has 1 heteroatoms. The molecular weight excluding hydrogens is 559 g/mol. The first-order valence-electron chi connectivity index (χ1n) is 15.5. The Bertz CT molecular complexity index is 2290. The second-order valence-corrected chi connectivity index (χ2v) is 13.8. The summed E-state index contributed by atoms with van der Waals surface area (Å²) in [5.74, 6) is 0. The smallest absolute Gasteiger partial charge is 0.00129 e. The molecular formula is C44H29P. The van der Waals surface area contributed by atoms with Crippen molar-refractivity contribution in [3.63, 3.8) is 0 Å². The molecule has 0 amide bonds. The summed E-state index contributed by atoms with van der Waals surface area (Å²) >= 11 is 0. The van der Waals surface area contributed by atoms with Crippen molar-refractivity contribution < 1.29 is 0 Å². The van der Waals surface area contributed by atoms with Gasteiger partial charge in [0.05, 0.1) is 0 Å². The molecule has 0 atom stereocenters. The molecule has 0 saturated heterocycles. The summed E-state index contributed by atoms with van der Waals surface area (Å²) in [6.45, 7) is 0. The highest BCUT2D eigenvalue weighted by atomic mass is 31.1. The highest BCUT2D eigenvalue weighted by molar-refractivity contribution is 7.80. The summed E-state index contributed by atoms with van der Waals surface area (Å²) in [5.41, 5.74) is 10.5. The van der Waals surface area contributed by atoms with Gasteiger partial charge in [-0.15, -0.1) is 0 Å². The van der Waals surface area contributed by atoms with E-state index in [0.717, 1.165) is 0 Å². The quantitative estimate of drug-likeness (QED) is 0.176. The van der Waals surface area contributed by atoms with Gasteiger partial charge >= 0.3 is 0 Å². The topological polar surface area (TPSA) is 0 Å². The lowest BCUT2D eigenvalue weighted by atomic mass is 9.87. The Kier molecular flexibility index (Phi) is 6.22. The van der Waals surface area contributed by atoms with Crippen molar-refractivity contribution in [3.8, 4) is 44.5 Å². The third-order valence-corrected chi connectivity index (χ3v) is 11.7. The Labute approximate surface area is 265 Å². The van der Waals surface area contributed by atoms with Crippen LogP contribution in [0.1, 0.15) is 0 Å². The third-order valence-electron chi connectivity index (χ3n) is 9.16. The molecule has 0 nitrogen and oxygen atoms in total. The summed E-state index contributed by atoms with van der Waals surface area (Å²) in [4.78, 5) is 0. The maximum absolute atomic E-state index is 2.36. The summed E-state index contributed by atoms with van der Waals surface area (Å²) in [5, 5.41) is 9.49. The van der Waals surface area contributed by atoms with E-state index in [1.807, 2.05) is 0 Å². The fourth-order valence-corrected chi connectivity index (χ4v) is 9.91. The Balaban J connectivity index is 1.42. The number of benzene rings is 8. The van der Waals surface area contributed by atoms with Crippen LogP contribution in [0.5, 0.6) is 0 Å². The van der Waals surface area contributed by atoms with Gasteiger partial charge < -0.3 is 0 Å². The molecule has 0 saturated carbocycles. The van der Waals surface area contributed by atoms with Crippen molar-refractivity contribution in [3.05, 3.63) is 176 Å². The van der Waals surface area contributed by atoms with Crippen LogP contribution in [0.15, 0.2) is 176 Å². The van der Waals surface area contributed by atoms with E-state index < -0.39 is 7.92 Å². The van der Waals surface area contributed by atoms with Gasteiger partial charge in [0.1, 0.15) is 0 Å². The van der Waals surface area contributed by atoms with Gasteiger partial charge in [0.2, 0.25) is 0 Å². The van der Waals surface area contributed by atoms with Gasteiger partial charge in [-0.05, 0) is 84.6 Å². The molecule has 0 spiro atoms. The SMILES string of the molecule is c1ccc(-c2ccc(-c3c4c(c(P(c5ccccc5)c5ccccc5)c5ccccc35)-c3cccc5cccc-4c35)cc2)cc1. The Morgan fingerprint density at radius 3 is 1.42 bits per heavy atom. The Hall–Kier alpha value is -5.29. The third kappa shape index (κ3) is 4.18. The molecule has 210 valence electrons. The molecule has 0 N–H and O–H groups in total. The van der Waals surface area contributed by atoms with Crippen LogP contribution in [-0.2, 0) is 0 Å². The molecule has 1 aliphatic rings. The molecule has 9 rings (SSSR count). The molecule has 0 radical (unpaired) electrons. The summed E-state index contributed by atoms with van der Waals surface area (Å²) in [6, 6.07) is 64.9. The van der Waals surface area contributed by atoms with Gasteiger partial charge in [-0.2, -0.15) is 0 Å². The van der Waals surface area contributed by atoms with Crippen LogP contribution in [0.3, 0.4) is 0 Å². The van der Waals surface area contributed by atoms with Crippen LogP contribution >= 0.6 is 7.92 Å². The average Bonchev–Trinajstić information content (AvgIpc) is 3.45. The molecule has 1 aliphatic carbocycles. The van der Waals surface area contributed by atoms with E-state index in [1.165, 1.54) is 82.0 Å². The highest BCUT2D eigenvalue weighted by Crippen LogP contribution is 2.56. The number of hydrogen-bond acceptors (Lipinski definition) is 0. The minimum absolute atomic E-state index is 0.851. The van der Waals surface area contributed by atoms with Crippen molar-refractivity contribution in [2.24, 2.45) is 0 Å². The molecule has 8 aromatic rings. The summed E-state index contributed by atoms with van der Waals surface area (Å²) in [6.07, 6.45) is 0. The van der Waals surface area contributed by atoms with Gasteiger partial charge in [-0.1, -0.05) is 176 Å². The molecule has 0 fully saturated rings. The molecule has 8 aromatic carbocycles. The van der Waals surface area contributed by atoms with Crippen LogP contribution in [-0.4, -0.2) is 0 Å². The fourth-order valence-electron chi connectivity index (χ4n) is 7.26. The predicted octanol–water partition coefficient (Wildman–Crippen LogP) is 10.7. The maximum Gasteiger partial charge on any atom is 0.00129 e. The van der Waals surface area contributed by atoms with E-state index in [1.54, 1.807) is 0 Å². The van der Waals surface area contributed by atoms with Gasteiger partial charge in [-0.3, -0.25) is 0 Å². The van der Waals surface area contributed by atoms with Crippen molar-refractivity contribution in [2.45, 2.75) is 0 Å². The zero-order chi connectivity index (χ0) is 29.7. The first-order chi connectivity index (χ1) is 22.4. The summed E-state index contributed by atoms with van der Waals surface area (Å²) < 4.78 is 0. The molecule has 45 heavy (non-hydrogen) atoms. The van der Waals surface area contributed by atoms with Crippen LogP contribution in [0.25, 0.3) is 66.1 Å². The van der Waals surface area contributed by atoms with E-state index in [2.05, 4.69) is 176 Å². The molecule has 0 aromatic heterocycles. The number of hydrogen-bond donors (Lipinski definition) is 0. The van der Waals surface area contributed by atoms with Gasteiger partial charge in [0.25, 0.3) is 0 Å². The van der Waals surface area contributed by atoms with Gasteiger partial charge in [-0.25, -0.2) is 0 Å². The zero-order valence-corrected chi connectivity index (χ0v) is 25.6. The van der Waals surface area contributed by atoms with Gasteiger partial charge in [0.15, 0.2) is 0 Å². The minimum Gasteiger partial charge on any atom is -0.0622 e. The number of fused-ring (bicyclic) bond motifs is 4. The molecule has 0 unspecified atom stereocenters. The Morgan fingerprint density at radius 2 is 0.800 bits per heavy atom. The van der Waals surface area contributed by atoms with E-state index in [0.29, 0.717) is 0 Å². The van der Waals surface area contributed by atoms with E-state index >= 15 is 0 Å². The molecule has 0 heterocycles. The van der Waals surface area contributed by atoms with E-state index in [-0.39, 0.29) is 0 Å². The molecule has 0 bridgehead atoms. The van der Waals surface area contributed by atoms with Crippen LogP contribution < -0.4 is 15.9 Å². The first kappa shape index (κ1) is 26.1. The fraction of sp³-hybridized carbons (Fsp3) is 0. The highest BCUT2D eigenvalue weighted by Gasteiger charge is 2.33. The van der Waals surface area contributed by atoms with Crippen molar-refractivity contribution >= 4 is 45.4 Å². The average molecular weight is 589 g/mol. The molecule has 0 aliphatic heterocycles. The second kappa shape index (κ2) is 10.7. The minimum atomic E-state index is -0.851. The van der Waals surface area contributed by atoms with Gasteiger partial charge in [0, 0.05) is 5.30 Å². The van der Waals surface area contributed by atoms with Crippen molar-refractivity contribution in [2.75, 3.05) is 0 Å². The van der Waals surface area contributed by atoms with Crippen LogP contribution in [0, 0.1) is 0 Å². The lowest BCUT2D eigenvalue weighted by Crippen LogP contribution is -2.23. The Morgan fingerprint density at radius 1 is 0.311 bits per heavy atom. The van der Waals surface area contributed by atoms with Crippen LogP contribution in [0.4, 0.5) is 0 Å². The second-order valence-electron chi connectivity index (χ2n) is 11.7. The normalized spacial score (nSPS) is 11.8. The largest absolute Gasteiger partial charge is 0.0622 e. The van der Waals surface area contributed by atoms with Crippen molar-refractivity contribution in [1.82, 2.24) is 0 Å². The lowest BCUT2D eigenvalue weighted by molar-refractivity contribution is 1.61. The summed E-state index contributed by atoms with van der Waals surface area (Å²) in [7, 11) is -0.851. The predicted molar refractivity (Wildman–Crippen MR) is 195 cm³/mol. The standard InChI is InChI=1S/C44H29P/c1-4-14-30(15-5-1)31-26-28-33(29-27-31)41-36-22-10-11-23-37(36)44(45(34-18-6-2-7-19-34)35-20-8-3-9-21-35)43-39-25-13-17-32-16-12-24-38(40(32)39)42(41)43/h1-29H. The van der Waals surface area contributed by atoms with E-state index in [9.17, 15) is 0 Å². The maximum atomic E-state index is 2.36. The van der Waals surface area contributed by atoms with E-state index in [4.69, 9.17) is 0 Å². The number of rotatable bonds is 5. The van der Waals surface area contributed by atoms with Crippen LogP contribution in [0.2, 0.25) is 0 Å². The lowest BCUT2D eigenvalue weighted by Gasteiger charge is -2.27.